The molecule has 1 unspecified atom stereocenters. The lowest BCUT2D eigenvalue weighted by Gasteiger charge is -2.47. The number of benzene rings is 3. The first-order chi connectivity index (χ1) is 20.2. The Balaban J connectivity index is 1.79. The van der Waals surface area contributed by atoms with E-state index >= 15 is 0 Å². The standard InChI is InChI=1S/C32H33Cl2IN2O5/c1-2-4-26(31(40)36-18-3-5-28(38)39)37-29(21-8-12-23(33)13-9-21)30(22-10-14-24(34)15-11-22)42-27(32(37)41)19-20-6-16-25(35)17-7-20/h6-17,26-27,29-30H,2-5,18-19H2,1H3,(H,36,40)(H,38,39)/t26?,27-,29+,30-/m0/s1. The summed E-state index contributed by atoms with van der Waals surface area (Å²) in [6.07, 6.45) is 0.202. The van der Waals surface area contributed by atoms with Gasteiger partial charge in [-0.05, 0) is 88.5 Å². The van der Waals surface area contributed by atoms with Crippen molar-refractivity contribution < 1.29 is 24.2 Å². The predicted molar refractivity (Wildman–Crippen MR) is 172 cm³/mol. The van der Waals surface area contributed by atoms with E-state index in [0.29, 0.717) is 35.7 Å². The summed E-state index contributed by atoms with van der Waals surface area (Å²) < 4.78 is 7.73. The SMILES string of the molecule is CCCC(C(=O)NCCCC(=O)O)N1C(=O)[C@H](Cc2ccc(I)cc2)O[C@@H](c2ccc(Cl)cc2)[C@H]1c1ccc(Cl)cc1. The van der Waals surface area contributed by atoms with Gasteiger partial charge in [-0.1, -0.05) is 72.9 Å². The molecule has 0 aromatic heterocycles. The van der Waals surface area contributed by atoms with Crippen molar-refractivity contribution in [2.24, 2.45) is 0 Å². The first kappa shape index (κ1) is 32.3. The van der Waals surface area contributed by atoms with Crippen LogP contribution in [-0.2, 0) is 25.5 Å². The first-order valence-corrected chi connectivity index (χ1v) is 15.7. The molecule has 4 rings (SSSR count). The number of hydrogen-bond donors (Lipinski definition) is 2. The zero-order valence-corrected chi connectivity index (χ0v) is 26.8. The predicted octanol–water partition coefficient (Wildman–Crippen LogP) is 7.00. The highest BCUT2D eigenvalue weighted by Crippen LogP contribution is 2.44. The van der Waals surface area contributed by atoms with Crippen molar-refractivity contribution in [3.63, 3.8) is 0 Å². The molecule has 1 heterocycles. The highest BCUT2D eigenvalue weighted by Gasteiger charge is 2.48. The Hall–Kier alpha value is -2.66. The normalized spacial score (nSPS) is 19.4. The molecule has 0 radical (unpaired) electrons. The van der Waals surface area contributed by atoms with Crippen molar-refractivity contribution in [1.82, 2.24) is 10.2 Å². The summed E-state index contributed by atoms with van der Waals surface area (Å²) in [7, 11) is 0. The van der Waals surface area contributed by atoms with E-state index in [2.05, 4.69) is 27.9 Å². The van der Waals surface area contributed by atoms with Gasteiger partial charge in [0.2, 0.25) is 5.91 Å². The molecule has 1 aliphatic rings. The molecule has 1 aliphatic heterocycles. The Morgan fingerprint density at radius 2 is 1.57 bits per heavy atom. The lowest BCUT2D eigenvalue weighted by atomic mass is 9.88. The Bertz CT molecular complexity index is 1370. The number of hydrogen-bond acceptors (Lipinski definition) is 4. The van der Waals surface area contributed by atoms with Crippen molar-refractivity contribution in [2.75, 3.05) is 6.54 Å². The van der Waals surface area contributed by atoms with Crippen LogP contribution in [0.2, 0.25) is 10.0 Å². The minimum atomic E-state index is -0.926. The topological polar surface area (TPSA) is 95.9 Å². The highest BCUT2D eigenvalue weighted by atomic mass is 127. The van der Waals surface area contributed by atoms with Crippen LogP contribution in [0.1, 0.15) is 61.4 Å². The van der Waals surface area contributed by atoms with Crippen LogP contribution in [0.15, 0.2) is 72.8 Å². The number of amides is 2. The maximum Gasteiger partial charge on any atom is 0.303 e. The zero-order valence-electron chi connectivity index (χ0n) is 23.1. The molecule has 222 valence electrons. The smallest absolute Gasteiger partial charge is 0.303 e. The largest absolute Gasteiger partial charge is 0.481 e. The number of carboxylic acid groups (broad SMARTS) is 1. The number of carboxylic acids is 1. The Kier molecular flexibility index (Phi) is 11.7. The molecule has 0 spiro atoms. The molecule has 0 bridgehead atoms. The van der Waals surface area contributed by atoms with Crippen LogP contribution in [0, 0.1) is 3.57 Å². The van der Waals surface area contributed by atoms with Gasteiger partial charge in [0.15, 0.2) is 0 Å². The molecule has 1 saturated heterocycles. The molecule has 2 amide bonds. The molecular weight excluding hydrogens is 690 g/mol. The number of morpholine rings is 1. The minimum absolute atomic E-state index is 0.0562. The lowest BCUT2D eigenvalue weighted by Crippen LogP contribution is -2.59. The summed E-state index contributed by atoms with van der Waals surface area (Å²) in [4.78, 5) is 40.8. The number of rotatable bonds is 12. The van der Waals surface area contributed by atoms with E-state index in [1.54, 1.807) is 29.2 Å². The van der Waals surface area contributed by atoms with E-state index in [1.165, 1.54) is 0 Å². The third-order valence-electron chi connectivity index (χ3n) is 7.24. The summed E-state index contributed by atoms with van der Waals surface area (Å²) in [5, 5.41) is 13.0. The molecule has 0 aliphatic carbocycles. The van der Waals surface area contributed by atoms with Crippen LogP contribution in [0.25, 0.3) is 0 Å². The summed E-state index contributed by atoms with van der Waals surface area (Å²) in [6, 6.07) is 21.0. The van der Waals surface area contributed by atoms with Gasteiger partial charge in [-0.2, -0.15) is 0 Å². The van der Waals surface area contributed by atoms with Gasteiger partial charge in [0.05, 0.1) is 6.04 Å². The third kappa shape index (κ3) is 8.24. The number of ether oxygens (including phenoxy) is 1. The van der Waals surface area contributed by atoms with Crippen LogP contribution in [0.3, 0.4) is 0 Å². The second-order valence-corrected chi connectivity index (χ2v) is 12.4. The van der Waals surface area contributed by atoms with Gasteiger partial charge in [0.1, 0.15) is 18.2 Å². The van der Waals surface area contributed by atoms with Gasteiger partial charge in [0.25, 0.3) is 5.91 Å². The summed E-state index contributed by atoms with van der Waals surface area (Å²) in [5.41, 5.74) is 2.54. The molecule has 4 atom stereocenters. The van der Waals surface area contributed by atoms with E-state index in [-0.39, 0.29) is 24.8 Å². The van der Waals surface area contributed by atoms with Crippen LogP contribution >= 0.6 is 45.8 Å². The molecule has 3 aromatic carbocycles. The second kappa shape index (κ2) is 15.2. The van der Waals surface area contributed by atoms with Crippen molar-refractivity contribution in [1.29, 1.82) is 0 Å². The van der Waals surface area contributed by atoms with Gasteiger partial charge in [-0.3, -0.25) is 14.4 Å². The van der Waals surface area contributed by atoms with E-state index in [4.69, 9.17) is 33.0 Å². The molecule has 0 saturated carbocycles. The van der Waals surface area contributed by atoms with Gasteiger partial charge in [0, 0.05) is 33.0 Å². The Labute approximate surface area is 269 Å². The van der Waals surface area contributed by atoms with Gasteiger partial charge in [-0.15, -0.1) is 0 Å². The van der Waals surface area contributed by atoms with Crippen molar-refractivity contribution in [2.45, 2.75) is 63.3 Å². The molecule has 42 heavy (non-hydrogen) atoms. The average Bonchev–Trinajstić information content (AvgIpc) is 2.97. The summed E-state index contributed by atoms with van der Waals surface area (Å²) in [5.74, 6) is -1.53. The Morgan fingerprint density at radius 1 is 0.976 bits per heavy atom. The average molecular weight is 723 g/mol. The molecule has 10 heteroatoms. The number of carbonyl (C=O) groups excluding carboxylic acids is 2. The van der Waals surface area contributed by atoms with Gasteiger partial charge < -0.3 is 20.1 Å². The molecule has 2 N–H and O–H groups in total. The van der Waals surface area contributed by atoms with Crippen molar-refractivity contribution in [3.05, 3.63) is 103 Å². The molecular formula is C32H33Cl2IN2O5. The number of nitrogens with zero attached hydrogens (tertiary/aromatic N) is 1. The quantitative estimate of drug-likeness (QED) is 0.155. The van der Waals surface area contributed by atoms with E-state index in [9.17, 15) is 14.4 Å². The van der Waals surface area contributed by atoms with Crippen LogP contribution in [-0.4, -0.2) is 46.5 Å². The monoisotopic (exact) mass is 722 g/mol. The van der Waals surface area contributed by atoms with E-state index in [0.717, 1.165) is 20.3 Å². The van der Waals surface area contributed by atoms with Gasteiger partial charge >= 0.3 is 5.97 Å². The fourth-order valence-corrected chi connectivity index (χ4v) is 5.84. The lowest BCUT2D eigenvalue weighted by molar-refractivity contribution is -0.181. The van der Waals surface area contributed by atoms with E-state index < -0.39 is 30.3 Å². The second-order valence-electron chi connectivity index (χ2n) is 10.3. The summed E-state index contributed by atoms with van der Waals surface area (Å²) in [6.45, 7) is 2.16. The van der Waals surface area contributed by atoms with Gasteiger partial charge in [-0.25, -0.2) is 0 Å². The van der Waals surface area contributed by atoms with Crippen LogP contribution in [0.4, 0.5) is 0 Å². The third-order valence-corrected chi connectivity index (χ3v) is 8.46. The number of halogens is 3. The first-order valence-electron chi connectivity index (χ1n) is 13.9. The number of carbonyl (C=O) groups is 3. The number of nitrogens with one attached hydrogen (secondary N) is 1. The van der Waals surface area contributed by atoms with Crippen molar-refractivity contribution in [3.8, 4) is 0 Å². The molecule has 1 fully saturated rings. The summed E-state index contributed by atoms with van der Waals surface area (Å²) >= 11 is 14.7. The van der Waals surface area contributed by atoms with E-state index in [1.807, 2.05) is 55.5 Å². The van der Waals surface area contributed by atoms with Crippen LogP contribution in [0.5, 0.6) is 0 Å². The minimum Gasteiger partial charge on any atom is -0.481 e. The number of aliphatic carboxylic acids is 1. The Morgan fingerprint density at radius 3 is 2.14 bits per heavy atom. The molecule has 7 nitrogen and oxygen atoms in total. The molecule has 3 aromatic rings. The highest BCUT2D eigenvalue weighted by molar-refractivity contribution is 14.1. The van der Waals surface area contributed by atoms with Crippen LogP contribution < -0.4 is 5.32 Å². The maximum atomic E-state index is 14.4. The fourth-order valence-electron chi connectivity index (χ4n) is 5.22. The zero-order chi connectivity index (χ0) is 30.2. The maximum absolute atomic E-state index is 14.4. The van der Waals surface area contributed by atoms with Crippen molar-refractivity contribution >= 4 is 63.6 Å². The fraction of sp³-hybridized carbons (Fsp3) is 0.344.